The van der Waals surface area contributed by atoms with Gasteiger partial charge in [-0.15, -0.1) is 0 Å². The smallest absolute Gasteiger partial charge is 0.258 e. The second kappa shape index (κ2) is 8.55. The number of hydrogen-bond acceptors (Lipinski definition) is 6. The fourth-order valence-electron chi connectivity index (χ4n) is 3.42. The van der Waals surface area contributed by atoms with Gasteiger partial charge in [0.2, 0.25) is 0 Å². The average molecular weight is 416 g/mol. The highest BCUT2D eigenvalue weighted by molar-refractivity contribution is 6.31. The van der Waals surface area contributed by atoms with Crippen LogP contribution in [0.1, 0.15) is 24.8 Å². The third-order valence-corrected chi connectivity index (χ3v) is 5.79. The predicted octanol–water partition coefficient (Wildman–Crippen LogP) is 2.55. The van der Waals surface area contributed by atoms with Crippen molar-refractivity contribution in [2.45, 2.75) is 32.2 Å². The van der Waals surface area contributed by atoms with E-state index in [1.54, 1.807) is 6.20 Å². The van der Waals surface area contributed by atoms with E-state index < -0.39 is 0 Å². The Morgan fingerprint density at radius 3 is 2.90 bits per heavy atom. The summed E-state index contributed by atoms with van der Waals surface area (Å²) in [5.41, 5.74) is 7.70. The molecule has 8 heteroatoms. The molecule has 0 bridgehead atoms. The molecule has 1 amide bonds. The minimum absolute atomic E-state index is 0.0449. The molecule has 2 aromatic rings. The molecular formula is C21H26ClN5O2. The average Bonchev–Trinajstić information content (AvgIpc) is 3.40. The lowest BCUT2D eigenvalue weighted by Gasteiger charge is -2.21. The Morgan fingerprint density at radius 1 is 1.38 bits per heavy atom. The molecule has 1 aromatic carbocycles. The van der Waals surface area contributed by atoms with E-state index in [1.807, 2.05) is 25.1 Å². The fraction of sp³-hybridized carbons (Fsp3) is 0.476. The number of benzene rings is 1. The predicted molar refractivity (Wildman–Crippen MR) is 113 cm³/mol. The third kappa shape index (κ3) is 4.79. The molecule has 154 valence electrons. The third-order valence-electron chi connectivity index (χ3n) is 5.39. The molecule has 1 atom stereocenters. The molecule has 1 aliphatic carbocycles. The standard InChI is InChI=1S/C21H26ClN5O2/c1-13-2-3-15(8-17(13)22)20-24-10-18(29-12-19(28)25-16-4-5-16)21(26-20)27-7-6-14(9-23)11-27/h2-3,8,10,14,16H,4-7,9,11-12,23H2,1H3,(H,25,28). The lowest BCUT2D eigenvalue weighted by molar-refractivity contribution is -0.123. The molecule has 0 radical (unpaired) electrons. The van der Waals surface area contributed by atoms with Gasteiger partial charge in [0.05, 0.1) is 6.20 Å². The maximum atomic E-state index is 12.0. The van der Waals surface area contributed by atoms with Crippen LogP contribution in [0.15, 0.2) is 24.4 Å². The highest BCUT2D eigenvalue weighted by Gasteiger charge is 2.27. The topological polar surface area (TPSA) is 93.4 Å². The van der Waals surface area contributed by atoms with Gasteiger partial charge >= 0.3 is 0 Å². The number of nitrogens with one attached hydrogen (secondary N) is 1. The van der Waals surface area contributed by atoms with Crippen LogP contribution < -0.4 is 20.7 Å². The number of carbonyl (C=O) groups is 1. The molecule has 29 heavy (non-hydrogen) atoms. The number of rotatable bonds is 7. The molecular weight excluding hydrogens is 390 g/mol. The summed E-state index contributed by atoms with van der Waals surface area (Å²) in [6.45, 7) is 4.21. The monoisotopic (exact) mass is 415 g/mol. The number of halogens is 1. The molecule has 1 aliphatic heterocycles. The Bertz CT molecular complexity index is 903. The van der Waals surface area contributed by atoms with E-state index in [9.17, 15) is 4.79 Å². The number of nitrogens with zero attached hydrogens (tertiary/aromatic N) is 3. The van der Waals surface area contributed by atoms with E-state index in [4.69, 9.17) is 27.1 Å². The van der Waals surface area contributed by atoms with E-state index in [2.05, 4.69) is 15.2 Å². The molecule has 1 unspecified atom stereocenters. The van der Waals surface area contributed by atoms with Crippen molar-refractivity contribution >= 4 is 23.3 Å². The van der Waals surface area contributed by atoms with Gasteiger partial charge in [-0.2, -0.15) is 0 Å². The first kappa shape index (κ1) is 19.9. The van der Waals surface area contributed by atoms with Gasteiger partial charge in [0.1, 0.15) is 0 Å². The number of aromatic nitrogens is 2. The largest absolute Gasteiger partial charge is 0.478 e. The van der Waals surface area contributed by atoms with Crippen molar-refractivity contribution in [1.29, 1.82) is 0 Å². The first-order valence-electron chi connectivity index (χ1n) is 10.0. The van der Waals surface area contributed by atoms with Crippen LogP contribution in [0.25, 0.3) is 11.4 Å². The van der Waals surface area contributed by atoms with E-state index in [0.717, 1.165) is 43.5 Å². The second-order valence-corrected chi connectivity index (χ2v) is 8.22. The van der Waals surface area contributed by atoms with Crippen LogP contribution in [0.2, 0.25) is 5.02 Å². The number of aryl methyl sites for hydroxylation is 1. The SMILES string of the molecule is Cc1ccc(-c2ncc(OCC(=O)NC3CC3)c(N3CCC(CN)C3)n2)cc1Cl. The number of amides is 1. The van der Waals surface area contributed by atoms with Gasteiger partial charge in [-0.3, -0.25) is 4.79 Å². The summed E-state index contributed by atoms with van der Waals surface area (Å²) in [4.78, 5) is 23.4. The van der Waals surface area contributed by atoms with Crippen LogP contribution in [0.3, 0.4) is 0 Å². The minimum atomic E-state index is -0.117. The van der Waals surface area contributed by atoms with Crippen molar-refractivity contribution in [2.75, 3.05) is 31.1 Å². The zero-order valence-corrected chi connectivity index (χ0v) is 17.3. The van der Waals surface area contributed by atoms with Gasteiger partial charge in [-0.05, 0) is 50.3 Å². The summed E-state index contributed by atoms with van der Waals surface area (Å²) in [6.07, 6.45) is 4.74. The summed E-state index contributed by atoms with van der Waals surface area (Å²) < 4.78 is 5.81. The van der Waals surface area contributed by atoms with Crippen LogP contribution in [0, 0.1) is 12.8 Å². The number of carbonyl (C=O) groups excluding carboxylic acids is 1. The van der Waals surface area contributed by atoms with Crippen molar-refractivity contribution in [1.82, 2.24) is 15.3 Å². The zero-order chi connectivity index (χ0) is 20.4. The van der Waals surface area contributed by atoms with Gasteiger partial charge in [0, 0.05) is 29.7 Å². The van der Waals surface area contributed by atoms with Crippen molar-refractivity contribution in [3.05, 3.63) is 35.0 Å². The van der Waals surface area contributed by atoms with E-state index >= 15 is 0 Å². The number of hydrogen-bond donors (Lipinski definition) is 2. The molecule has 2 aliphatic rings. The first-order valence-corrected chi connectivity index (χ1v) is 10.4. The van der Waals surface area contributed by atoms with E-state index in [-0.39, 0.29) is 12.5 Å². The Balaban J connectivity index is 1.59. The first-order chi connectivity index (χ1) is 14.0. The van der Waals surface area contributed by atoms with Gasteiger partial charge in [-0.1, -0.05) is 23.7 Å². The normalized spacial score (nSPS) is 18.7. The quantitative estimate of drug-likeness (QED) is 0.721. The molecule has 0 spiro atoms. The molecule has 2 fully saturated rings. The molecule has 1 saturated heterocycles. The lowest BCUT2D eigenvalue weighted by Crippen LogP contribution is -2.31. The van der Waals surface area contributed by atoms with Crippen LogP contribution in [-0.4, -0.2) is 48.2 Å². The Hall–Kier alpha value is -2.38. The Morgan fingerprint density at radius 2 is 2.21 bits per heavy atom. The molecule has 1 saturated carbocycles. The van der Waals surface area contributed by atoms with Gasteiger partial charge < -0.3 is 20.7 Å². The molecule has 3 N–H and O–H groups in total. The number of nitrogens with two attached hydrogens (primary N) is 1. The van der Waals surface area contributed by atoms with Crippen LogP contribution in [-0.2, 0) is 4.79 Å². The molecule has 1 aromatic heterocycles. The second-order valence-electron chi connectivity index (χ2n) is 7.81. The molecule has 2 heterocycles. The lowest BCUT2D eigenvalue weighted by atomic mass is 10.1. The van der Waals surface area contributed by atoms with Crippen LogP contribution in [0.5, 0.6) is 5.75 Å². The summed E-state index contributed by atoms with van der Waals surface area (Å²) in [5.74, 6) is 2.09. The maximum Gasteiger partial charge on any atom is 0.258 e. The van der Waals surface area contributed by atoms with E-state index in [1.165, 1.54) is 0 Å². The molecule has 4 rings (SSSR count). The van der Waals surface area contributed by atoms with Crippen molar-refractivity contribution in [3.63, 3.8) is 0 Å². The fourth-order valence-corrected chi connectivity index (χ4v) is 3.60. The summed E-state index contributed by atoms with van der Waals surface area (Å²) in [6, 6.07) is 6.08. The van der Waals surface area contributed by atoms with Crippen molar-refractivity contribution < 1.29 is 9.53 Å². The van der Waals surface area contributed by atoms with Gasteiger partial charge in [0.15, 0.2) is 24.0 Å². The zero-order valence-electron chi connectivity index (χ0n) is 16.5. The summed E-state index contributed by atoms with van der Waals surface area (Å²) in [5, 5.41) is 3.60. The maximum absolute atomic E-state index is 12.0. The van der Waals surface area contributed by atoms with Crippen LogP contribution >= 0.6 is 11.6 Å². The van der Waals surface area contributed by atoms with Crippen LogP contribution in [0.4, 0.5) is 5.82 Å². The summed E-state index contributed by atoms with van der Waals surface area (Å²) in [7, 11) is 0. The number of ether oxygens (including phenoxy) is 1. The minimum Gasteiger partial charge on any atom is -0.478 e. The van der Waals surface area contributed by atoms with E-state index in [0.29, 0.717) is 40.9 Å². The molecule has 7 nitrogen and oxygen atoms in total. The van der Waals surface area contributed by atoms with Gasteiger partial charge in [-0.25, -0.2) is 9.97 Å². The highest BCUT2D eigenvalue weighted by atomic mass is 35.5. The Kier molecular flexibility index (Phi) is 5.87. The van der Waals surface area contributed by atoms with Gasteiger partial charge in [0.25, 0.3) is 5.91 Å². The Labute approximate surface area is 175 Å². The highest BCUT2D eigenvalue weighted by Crippen LogP contribution is 2.33. The van der Waals surface area contributed by atoms with Crippen molar-refractivity contribution in [2.24, 2.45) is 11.7 Å². The van der Waals surface area contributed by atoms with Crippen molar-refractivity contribution in [3.8, 4) is 17.1 Å². The summed E-state index contributed by atoms with van der Waals surface area (Å²) >= 11 is 6.28. The number of anilines is 1.